The fourth-order valence-electron chi connectivity index (χ4n) is 2.01. The molecule has 0 aliphatic rings. The molecule has 0 radical (unpaired) electrons. The average molecular weight is 328 g/mol. The van der Waals surface area contributed by atoms with Gasteiger partial charge in [-0.1, -0.05) is 58.1 Å². The zero-order chi connectivity index (χ0) is 15.8. The maximum Gasteiger partial charge on any atom is 0.327 e. The second kappa shape index (κ2) is 17.7. The molecule has 0 aliphatic carbocycles. The summed E-state index contributed by atoms with van der Waals surface area (Å²) in [5, 5.41) is 7.60. The molecule has 0 fully saturated rings. The number of carboxylic acids is 1. The minimum atomic E-state index is -0.981. The van der Waals surface area contributed by atoms with Crippen LogP contribution in [0.1, 0.15) is 58.3 Å². The molecule has 0 bridgehead atoms. The molecule has 0 saturated carbocycles. The Morgan fingerprint density at radius 3 is 1.91 bits per heavy atom. The van der Waals surface area contributed by atoms with Crippen LogP contribution in [0, 0.1) is 0 Å². The van der Waals surface area contributed by atoms with Crippen LogP contribution in [0.4, 0.5) is 0 Å². The third kappa shape index (κ3) is 16.7. The summed E-state index contributed by atoms with van der Waals surface area (Å²) < 4.78 is 2.27. The highest BCUT2D eigenvalue weighted by molar-refractivity contribution is 5.78. The van der Waals surface area contributed by atoms with Crippen LogP contribution in [-0.2, 0) is 11.3 Å². The number of hydrogen-bond donors (Lipinski definition) is 1. The smallest absolute Gasteiger partial charge is 0.327 e. The number of aliphatic carboxylic acids is 1. The Labute approximate surface area is 141 Å². The standard InChI is InChI=1S/C15H26N.C3H4O2.ClH/c1-2-3-4-5-6-7-8-10-13-16-14-11-9-12-15-16;1-2-3(4)5;/h9,11-12,14-15H,2-8,10,13H2,1H3;2H,1H2,(H,4,5);1H/q+1;;/p-1. The van der Waals surface area contributed by atoms with Gasteiger partial charge in [-0.3, -0.25) is 0 Å². The maximum atomic E-state index is 9.25. The predicted molar refractivity (Wildman–Crippen MR) is 87.1 cm³/mol. The zero-order valence-electron chi connectivity index (χ0n) is 13.7. The van der Waals surface area contributed by atoms with Crippen LogP contribution in [0.3, 0.4) is 0 Å². The van der Waals surface area contributed by atoms with Crippen molar-refractivity contribution in [3.63, 3.8) is 0 Å². The Hall–Kier alpha value is -1.35. The van der Waals surface area contributed by atoms with Crippen LogP contribution in [-0.4, -0.2) is 11.1 Å². The van der Waals surface area contributed by atoms with E-state index >= 15 is 0 Å². The van der Waals surface area contributed by atoms with Gasteiger partial charge in [-0.25, -0.2) is 9.36 Å². The molecule has 126 valence electrons. The van der Waals surface area contributed by atoms with Gasteiger partial charge >= 0.3 is 5.97 Å². The van der Waals surface area contributed by atoms with Crippen molar-refractivity contribution in [2.75, 3.05) is 0 Å². The first-order chi connectivity index (χ1) is 10.2. The lowest BCUT2D eigenvalue weighted by molar-refractivity contribution is -0.697. The molecule has 1 aromatic heterocycles. The number of carboxylic acid groups (broad SMARTS) is 1. The van der Waals surface area contributed by atoms with Crippen molar-refractivity contribution in [2.24, 2.45) is 0 Å². The molecule has 0 aromatic carbocycles. The second-order valence-corrected chi connectivity index (χ2v) is 5.13. The van der Waals surface area contributed by atoms with Crippen molar-refractivity contribution in [3.05, 3.63) is 43.2 Å². The summed E-state index contributed by atoms with van der Waals surface area (Å²) in [6, 6.07) is 6.28. The van der Waals surface area contributed by atoms with E-state index in [1.807, 2.05) is 0 Å². The molecule has 1 aromatic rings. The molecule has 0 unspecified atom stereocenters. The van der Waals surface area contributed by atoms with Crippen LogP contribution >= 0.6 is 0 Å². The van der Waals surface area contributed by atoms with Crippen LogP contribution in [0.25, 0.3) is 0 Å². The van der Waals surface area contributed by atoms with E-state index in [-0.39, 0.29) is 12.4 Å². The Morgan fingerprint density at radius 2 is 1.45 bits per heavy atom. The summed E-state index contributed by atoms with van der Waals surface area (Å²) in [7, 11) is 0. The van der Waals surface area contributed by atoms with Crippen LogP contribution in [0.5, 0.6) is 0 Å². The third-order valence-electron chi connectivity index (χ3n) is 3.22. The Kier molecular flexibility index (Phi) is 18.4. The van der Waals surface area contributed by atoms with Gasteiger partial charge in [0, 0.05) is 24.6 Å². The number of unbranched alkanes of at least 4 members (excludes halogenated alkanes) is 7. The highest BCUT2D eigenvalue weighted by Crippen LogP contribution is 2.08. The van der Waals surface area contributed by atoms with E-state index in [9.17, 15) is 4.79 Å². The van der Waals surface area contributed by atoms with Crippen molar-refractivity contribution in [2.45, 2.75) is 64.8 Å². The first-order valence-corrected chi connectivity index (χ1v) is 8.00. The van der Waals surface area contributed by atoms with Crippen molar-refractivity contribution in [3.8, 4) is 0 Å². The molecular weight excluding hydrogens is 298 g/mol. The Bertz CT molecular complexity index is 369. The van der Waals surface area contributed by atoms with E-state index in [1.54, 1.807) is 0 Å². The van der Waals surface area contributed by atoms with Gasteiger partial charge in [0.25, 0.3) is 0 Å². The van der Waals surface area contributed by atoms with Crippen molar-refractivity contribution in [1.29, 1.82) is 0 Å². The van der Waals surface area contributed by atoms with Crippen LogP contribution in [0.2, 0.25) is 0 Å². The molecule has 1 N–H and O–H groups in total. The molecule has 0 atom stereocenters. The average Bonchev–Trinajstić information content (AvgIpc) is 2.51. The number of carbonyl (C=O) groups is 1. The number of halogens is 1. The number of aryl methyl sites for hydroxylation is 1. The number of aromatic nitrogens is 1. The maximum absolute atomic E-state index is 9.25. The van der Waals surface area contributed by atoms with Crippen LogP contribution in [0.15, 0.2) is 43.2 Å². The highest BCUT2D eigenvalue weighted by Gasteiger charge is 1.97. The fourth-order valence-corrected chi connectivity index (χ4v) is 2.01. The molecule has 1 rings (SSSR count). The lowest BCUT2D eigenvalue weighted by Gasteiger charge is -2.00. The minimum Gasteiger partial charge on any atom is -1.00 e. The molecule has 3 nitrogen and oxygen atoms in total. The molecular formula is C18H30ClNO2. The lowest BCUT2D eigenvalue weighted by Crippen LogP contribution is -3.00. The quantitative estimate of drug-likeness (QED) is 0.401. The minimum absolute atomic E-state index is 0. The summed E-state index contributed by atoms with van der Waals surface area (Å²) in [5.74, 6) is -0.981. The monoisotopic (exact) mass is 327 g/mol. The summed E-state index contributed by atoms with van der Waals surface area (Å²) in [6.45, 7) is 6.41. The summed E-state index contributed by atoms with van der Waals surface area (Å²) in [6.07, 6.45) is 16.3. The molecule has 1 heterocycles. The van der Waals surface area contributed by atoms with E-state index in [4.69, 9.17) is 5.11 Å². The second-order valence-electron chi connectivity index (χ2n) is 5.13. The first kappa shape index (κ1) is 22.9. The topological polar surface area (TPSA) is 41.2 Å². The number of rotatable bonds is 10. The van der Waals surface area contributed by atoms with Crippen LogP contribution < -0.4 is 17.0 Å². The van der Waals surface area contributed by atoms with E-state index in [2.05, 4.69) is 48.7 Å². The van der Waals surface area contributed by atoms with Gasteiger partial charge < -0.3 is 17.5 Å². The Morgan fingerprint density at radius 1 is 1.00 bits per heavy atom. The number of nitrogens with zero attached hydrogens (tertiary/aromatic N) is 1. The van der Waals surface area contributed by atoms with E-state index < -0.39 is 5.97 Å². The van der Waals surface area contributed by atoms with E-state index in [0.717, 1.165) is 6.08 Å². The van der Waals surface area contributed by atoms with Crippen molar-refractivity contribution in [1.82, 2.24) is 0 Å². The van der Waals surface area contributed by atoms with Gasteiger partial charge in [0.2, 0.25) is 0 Å². The molecule has 4 heteroatoms. The summed E-state index contributed by atoms with van der Waals surface area (Å²) >= 11 is 0. The molecule has 0 aliphatic heterocycles. The van der Waals surface area contributed by atoms with Crippen molar-refractivity contribution < 1.29 is 26.9 Å². The van der Waals surface area contributed by atoms with Crippen molar-refractivity contribution >= 4 is 5.97 Å². The van der Waals surface area contributed by atoms with Gasteiger partial charge in [-0.15, -0.1) is 0 Å². The zero-order valence-corrected chi connectivity index (χ0v) is 14.5. The SMILES string of the molecule is C=CC(=O)O.CCCCCCCCCC[n+]1ccccc1.[Cl-]. The molecule has 0 amide bonds. The normalized spacial score (nSPS) is 9.14. The fraction of sp³-hybridized carbons (Fsp3) is 0.556. The molecule has 0 saturated heterocycles. The van der Waals surface area contributed by atoms with E-state index in [0.29, 0.717) is 0 Å². The Balaban J connectivity index is 0. The third-order valence-corrected chi connectivity index (χ3v) is 3.22. The number of pyridine rings is 1. The van der Waals surface area contributed by atoms with Gasteiger partial charge in [-0.2, -0.15) is 0 Å². The number of hydrogen-bond acceptors (Lipinski definition) is 1. The van der Waals surface area contributed by atoms with Gasteiger partial charge in [0.15, 0.2) is 12.4 Å². The lowest BCUT2D eigenvalue weighted by atomic mass is 10.1. The summed E-state index contributed by atoms with van der Waals surface area (Å²) in [4.78, 5) is 9.25. The first-order valence-electron chi connectivity index (χ1n) is 8.00. The van der Waals surface area contributed by atoms with Gasteiger partial charge in [-0.05, 0) is 6.42 Å². The highest BCUT2D eigenvalue weighted by atomic mass is 35.5. The molecule has 22 heavy (non-hydrogen) atoms. The largest absolute Gasteiger partial charge is 1.00 e. The summed E-state index contributed by atoms with van der Waals surface area (Å²) in [5.41, 5.74) is 0. The van der Waals surface area contributed by atoms with E-state index in [1.165, 1.54) is 57.9 Å². The predicted octanol–water partition coefficient (Wildman–Crippen LogP) is 1.38. The molecule has 0 spiro atoms. The van der Waals surface area contributed by atoms with Gasteiger partial charge in [0.1, 0.15) is 6.54 Å². The van der Waals surface area contributed by atoms with Gasteiger partial charge in [0.05, 0.1) is 0 Å².